The average molecular weight is 428 g/mol. The van der Waals surface area contributed by atoms with Crippen molar-refractivity contribution < 1.29 is 4.79 Å². The first-order valence-electron chi connectivity index (χ1n) is 9.96. The number of piperidine rings is 1. The second kappa shape index (κ2) is 8.32. The van der Waals surface area contributed by atoms with Crippen LogP contribution >= 0.6 is 23.1 Å². The van der Waals surface area contributed by atoms with Gasteiger partial charge in [0.1, 0.15) is 4.70 Å². The molecule has 1 aromatic carbocycles. The van der Waals surface area contributed by atoms with E-state index in [1.807, 2.05) is 48.4 Å². The zero-order valence-corrected chi connectivity index (χ0v) is 18.6. The number of nitrogens with zero attached hydrogens (tertiary/aromatic N) is 3. The Morgan fingerprint density at radius 3 is 2.90 bits per heavy atom. The van der Waals surface area contributed by atoms with E-state index in [4.69, 9.17) is 4.98 Å². The maximum Gasteiger partial charge on any atom is 0.276 e. The Morgan fingerprint density at radius 1 is 1.28 bits per heavy atom. The molecule has 1 amide bonds. The molecule has 3 aromatic rings. The summed E-state index contributed by atoms with van der Waals surface area (Å²) >= 11 is 2.77. The van der Waals surface area contributed by atoms with Gasteiger partial charge in [0.15, 0.2) is 5.16 Å². The number of benzene rings is 1. The minimum atomic E-state index is -0.0695. The molecule has 152 valence electrons. The third-order valence-electron chi connectivity index (χ3n) is 5.50. The number of thioether (sulfide) groups is 1. The molecule has 3 heterocycles. The van der Waals surface area contributed by atoms with E-state index >= 15 is 0 Å². The van der Waals surface area contributed by atoms with Crippen LogP contribution in [-0.2, 0) is 4.79 Å². The summed E-state index contributed by atoms with van der Waals surface area (Å²) in [7, 11) is 0. The van der Waals surface area contributed by atoms with Gasteiger partial charge in [-0.2, -0.15) is 0 Å². The van der Waals surface area contributed by atoms with E-state index in [-0.39, 0.29) is 23.3 Å². The van der Waals surface area contributed by atoms with Crippen LogP contribution < -0.4 is 5.56 Å². The maximum absolute atomic E-state index is 13.3. The summed E-state index contributed by atoms with van der Waals surface area (Å²) in [5.41, 5.74) is 3.55. The van der Waals surface area contributed by atoms with Crippen LogP contribution in [0.5, 0.6) is 0 Å². The Balaban J connectivity index is 1.72. The zero-order chi connectivity index (χ0) is 20.5. The van der Waals surface area contributed by atoms with Gasteiger partial charge in [-0.3, -0.25) is 14.2 Å². The van der Waals surface area contributed by atoms with Crippen LogP contribution in [0.4, 0.5) is 0 Å². The van der Waals surface area contributed by atoms with Gasteiger partial charge >= 0.3 is 0 Å². The van der Waals surface area contributed by atoms with Crippen LogP contribution in [0.2, 0.25) is 0 Å². The number of aryl methyl sites for hydroxylation is 2. The summed E-state index contributed by atoms with van der Waals surface area (Å²) in [6, 6.07) is 8.22. The molecule has 0 spiro atoms. The van der Waals surface area contributed by atoms with Crippen molar-refractivity contribution in [1.82, 2.24) is 14.5 Å². The number of rotatable bonds is 4. The number of fused-ring (bicyclic) bond motifs is 1. The van der Waals surface area contributed by atoms with Gasteiger partial charge in [0.05, 0.1) is 17.0 Å². The number of amides is 1. The number of likely N-dealkylation sites (tertiary alicyclic amines) is 1. The van der Waals surface area contributed by atoms with Gasteiger partial charge in [0, 0.05) is 12.6 Å². The van der Waals surface area contributed by atoms with Crippen molar-refractivity contribution >= 4 is 39.2 Å². The second-order valence-electron chi connectivity index (χ2n) is 7.68. The summed E-state index contributed by atoms with van der Waals surface area (Å²) in [5.74, 6) is 0.409. The third kappa shape index (κ3) is 3.98. The van der Waals surface area contributed by atoms with Crippen molar-refractivity contribution in [3.8, 4) is 5.69 Å². The Hall–Kier alpha value is -2.12. The Bertz CT molecular complexity index is 1120. The van der Waals surface area contributed by atoms with Gasteiger partial charge < -0.3 is 4.90 Å². The number of aromatic nitrogens is 2. The Kier molecular flexibility index (Phi) is 5.79. The fourth-order valence-corrected chi connectivity index (χ4v) is 5.49. The Labute approximate surface area is 178 Å². The van der Waals surface area contributed by atoms with Gasteiger partial charge in [-0.1, -0.05) is 23.9 Å². The number of hydrogen-bond donors (Lipinski definition) is 0. The van der Waals surface area contributed by atoms with Crippen molar-refractivity contribution in [2.45, 2.75) is 51.2 Å². The highest BCUT2D eigenvalue weighted by Gasteiger charge is 2.24. The number of carbonyl (C=O) groups excluding carboxylic acids is 1. The largest absolute Gasteiger partial charge is 0.339 e. The molecular formula is C22H25N3O2S2. The maximum atomic E-state index is 13.3. The number of carbonyl (C=O) groups is 1. The van der Waals surface area contributed by atoms with Crippen molar-refractivity contribution in [2.75, 3.05) is 12.3 Å². The molecule has 1 aliphatic rings. The van der Waals surface area contributed by atoms with E-state index in [0.717, 1.165) is 36.2 Å². The van der Waals surface area contributed by atoms with Gasteiger partial charge in [-0.15, -0.1) is 11.3 Å². The molecule has 0 radical (unpaired) electrons. The molecule has 4 rings (SSSR count). The average Bonchev–Trinajstić information content (AvgIpc) is 3.18. The highest BCUT2D eigenvalue weighted by Crippen LogP contribution is 2.26. The summed E-state index contributed by atoms with van der Waals surface area (Å²) in [5, 5.41) is 2.47. The number of thiophene rings is 1. The van der Waals surface area contributed by atoms with Gasteiger partial charge in [-0.25, -0.2) is 4.98 Å². The van der Waals surface area contributed by atoms with E-state index in [0.29, 0.717) is 15.4 Å². The standard InChI is InChI=1S/C22H25N3O2S2/c1-14-7-8-15(2)18(12-14)25-21(27)20-17(9-11-28-20)23-22(25)29-13-19(26)24-10-5-4-6-16(24)3/h7-9,11-12,16H,4-6,10,13H2,1-3H3/t16-/m1/s1. The van der Waals surface area contributed by atoms with Crippen LogP contribution in [0.1, 0.15) is 37.3 Å². The van der Waals surface area contributed by atoms with E-state index < -0.39 is 0 Å². The van der Waals surface area contributed by atoms with Gasteiger partial charge in [-0.05, 0) is 68.7 Å². The fraction of sp³-hybridized carbons (Fsp3) is 0.409. The lowest BCUT2D eigenvalue weighted by molar-refractivity contribution is -0.131. The highest BCUT2D eigenvalue weighted by molar-refractivity contribution is 7.99. The molecule has 0 aliphatic carbocycles. The minimum absolute atomic E-state index is 0.0695. The predicted octanol–water partition coefficient (Wildman–Crippen LogP) is 4.56. The van der Waals surface area contributed by atoms with Crippen LogP contribution in [0.15, 0.2) is 39.6 Å². The van der Waals surface area contributed by atoms with Crippen molar-refractivity contribution in [1.29, 1.82) is 0 Å². The normalized spacial score (nSPS) is 17.1. The van der Waals surface area contributed by atoms with Gasteiger partial charge in [0.2, 0.25) is 5.91 Å². The molecule has 0 saturated carbocycles. The molecule has 1 atom stereocenters. The predicted molar refractivity (Wildman–Crippen MR) is 120 cm³/mol. The lowest BCUT2D eigenvalue weighted by Crippen LogP contribution is -2.43. The van der Waals surface area contributed by atoms with E-state index in [2.05, 4.69) is 6.92 Å². The summed E-state index contributed by atoms with van der Waals surface area (Å²) in [6.45, 7) is 6.94. The molecule has 5 nitrogen and oxygen atoms in total. The highest BCUT2D eigenvalue weighted by atomic mass is 32.2. The van der Waals surface area contributed by atoms with Crippen molar-refractivity contribution in [2.24, 2.45) is 0 Å². The van der Waals surface area contributed by atoms with Crippen LogP contribution in [0.25, 0.3) is 15.9 Å². The zero-order valence-electron chi connectivity index (χ0n) is 17.0. The van der Waals surface area contributed by atoms with Crippen LogP contribution in [-0.4, -0.2) is 38.7 Å². The molecule has 29 heavy (non-hydrogen) atoms. The minimum Gasteiger partial charge on any atom is -0.339 e. The van der Waals surface area contributed by atoms with Crippen molar-refractivity contribution in [3.05, 3.63) is 51.1 Å². The van der Waals surface area contributed by atoms with E-state index in [9.17, 15) is 9.59 Å². The SMILES string of the molecule is Cc1ccc(C)c(-n2c(SCC(=O)N3CCCC[C@H]3C)nc3ccsc3c2=O)c1. The fourth-order valence-electron chi connectivity index (χ4n) is 3.84. The van der Waals surface area contributed by atoms with Crippen LogP contribution in [0, 0.1) is 13.8 Å². The van der Waals surface area contributed by atoms with E-state index in [1.54, 1.807) is 4.57 Å². The summed E-state index contributed by atoms with van der Waals surface area (Å²) in [6.07, 6.45) is 3.30. The molecule has 7 heteroatoms. The first kappa shape index (κ1) is 20.2. The first-order valence-corrected chi connectivity index (χ1v) is 11.8. The van der Waals surface area contributed by atoms with E-state index in [1.165, 1.54) is 29.5 Å². The first-order chi connectivity index (χ1) is 14.0. The number of hydrogen-bond acceptors (Lipinski definition) is 5. The summed E-state index contributed by atoms with van der Waals surface area (Å²) < 4.78 is 2.32. The van der Waals surface area contributed by atoms with Crippen LogP contribution in [0.3, 0.4) is 0 Å². The third-order valence-corrected chi connectivity index (χ3v) is 7.32. The monoisotopic (exact) mass is 427 g/mol. The van der Waals surface area contributed by atoms with Crippen molar-refractivity contribution in [3.63, 3.8) is 0 Å². The summed E-state index contributed by atoms with van der Waals surface area (Å²) in [4.78, 5) is 32.9. The second-order valence-corrected chi connectivity index (χ2v) is 9.54. The lowest BCUT2D eigenvalue weighted by Gasteiger charge is -2.33. The molecule has 1 saturated heterocycles. The quantitative estimate of drug-likeness (QED) is 0.453. The topological polar surface area (TPSA) is 55.2 Å². The molecule has 0 N–H and O–H groups in total. The molecule has 0 bridgehead atoms. The Morgan fingerprint density at radius 2 is 2.10 bits per heavy atom. The smallest absolute Gasteiger partial charge is 0.276 e. The molecule has 2 aromatic heterocycles. The molecule has 1 aliphatic heterocycles. The molecular weight excluding hydrogens is 402 g/mol. The molecule has 1 fully saturated rings. The lowest BCUT2D eigenvalue weighted by atomic mass is 10.0. The molecule has 0 unspecified atom stereocenters. The van der Waals surface area contributed by atoms with Gasteiger partial charge in [0.25, 0.3) is 5.56 Å².